The van der Waals surface area contributed by atoms with Crippen molar-refractivity contribution in [3.8, 4) is 23.0 Å². The molecule has 0 amide bonds. The Hall–Kier alpha value is -0.940. The molecule has 0 bridgehead atoms. The topological polar surface area (TPSA) is 58.9 Å². The monoisotopic (exact) mass is 250 g/mol. The highest BCUT2D eigenvalue weighted by atomic mass is 35.5. The molecule has 0 spiro atoms. The van der Waals surface area contributed by atoms with Gasteiger partial charge in [-0.15, -0.1) is 11.8 Å². The van der Waals surface area contributed by atoms with Gasteiger partial charge in [0, 0.05) is 0 Å². The van der Waals surface area contributed by atoms with Crippen LogP contribution in [0.15, 0.2) is 4.90 Å². The number of aromatic hydroxyl groups is 2. The van der Waals surface area contributed by atoms with Crippen LogP contribution in [-0.2, 0) is 0 Å². The molecule has 1 aromatic rings. The zero-order chi connectivity index (χ0) is 11.6. The molecule has 0 heterocycles. The van der Waals surface area contributed by atoms with Gasteiger partial charge in [0.05, 0.1) is 19.1 Å². The first-order valence-electron chi connectivity index (χ1n) is 3.97. The van der Waals surface area contributed by atoms with Crippen LogP contribution in [0, 0.1) is 0 Å². The highest BCUT2D eigenvalue weighted by Gasteiger charge is 2.23. The second kappa shape index (κ2) is 4.72. The highest BCUT2D eigenvalue weighted by molar-refractivity contribution is 7.98. The zero-order valence-electron chi connectivity index (χ0n) is 8.50. The summed E-state index contributed by atoms with van der Waals surface area (Å²) in [6, 6.07) is 0. The zero-order valence-corrected chi connectivity index (χ0v) is 10.1. The van der Waals surface area contributed by atoms with E-state index in [-0.39, 0.29) is 28.0 Å². The van der Waals surface area contributed by atoms with Crippen molar-refractivity contribution in [3.63, 3.8) is 0 Å². The number of phenolic OH excluding ortho intramolecular Hbond substituents is 2. The van der Waals surface area contributed by atoms with E-state index in [0.29, 0.717) is 4.90 Å². The van der Waals surface area contributed by atoms with Crippen LogP contribution >= 0.6 is 23.4 Å². The van der Waals surface area contributed by atoms with Crippen LogP contribution in [0.1, 0.15) is 0 Å². The molecule has 0 aromatic heterocycles. The third-order valence-corrected chi connectivity index (χ3v) is 3.00. The lowest BCUT2D eigenvalue weighted by Crippen LogP contribution is -1.93. The molecule has 0 aliphatic rings. The summed E-state index contributed by atoms with van der Waals surface area (Å²) >= 11 is 7.15. The van der Waals surface area contributed by atoms with Crippen LogP contribution in [0.25, 0.3) is 0 Å². The Balaban J connectivity index is 3.57. The number of rotatable bonds is 3. The molecule has 1 rings (SSSR count). The summed E-state index contributed by atoms with van der Waals surface area (Å²) in [7, 11) is 2.77. The maximum Gasteiger partial charge on any atom is 0.203 e. The predicted octanol–water partition coefficient (Wildman–Crippen LogP) is 2.49. The van der Waals surface area contributed by atoms with Crippen LogP contribution < -0.4 is 9.47 Å². The molecule has 2 N–H and O–H groups in total. The molecule has 0 saturated heterocycles. The molecule has 0 saturated carbocycles. The number of benzene rings is 1. The van der Waals surface area contributed by atoms with E-state index in [4.69, 9.17) is 21.1 Å². The molecule has 0 unspecified atom stereocenters. The Morgan fingerprint density at radius 3 is 2.00 bits per heavy atom. The van der Waals surface area contributed by atoms with Crippen LogP contribution in [0.3, 0.4) is 0 Å². The van der Waals surface area contributed by atoms with Gasteiger partial charge in [-0.25, -0.2) is 0 Å². The quantitative estimate of drug-likeness (QED) is 0.638. The van der Waals surface area contributed by atoms with Gasteiger partial charge in [0.25, 0.3) is 0 Å². The van der Waals surface area contributed by atoms with E-state index in [0.717, 1.165) is 0 Å². The van der Waals surface area contributed by atoms with Gasteiger partial charge in [0.2, 0.25) is 5.75 Å². The van der Waals surface area contributed by atoms with E-state index in [1.165, 1.54) is 26.0 Å². The molecular formula is C9H11ClO4S. The Bertz CT molecular complexity index is 381. The molecule has 0 radical (unpaired) electrons. The van der Waals surface area contributed by atoms with Gasteiger partial charge in [-0.3, -0.25) is 0 Å². The van der Waals surface area contributed by atoms with E-state index in [1.807, 2.05) is 0 Å². The first-order chi connectivity index (χ1) is 7.08. The third kappa shape index (κ3) is 1.89. The second-order valence-corrected chi connectivity index (χ2v) is 3.81. The molecule has 0 aliphatic heterocycles. The molecule has 15 heavy (non-hydrogen) atoms. The summed E-state index contributed by atoms with van der Waals surface area (Å²) in [5, 5.41) is 19.4. The molecule has 0 atom stereocenters. The largest absolute Gasteiger partial charge is 0.503 e. The molecule has 1 aromatic carbocycles. The number of thioether (sulfide) groups is 1. The molecule has 4 nitrogen and oxygen atoms in total. The normalized spacial score (nSPS) is 10.1. The Morgan fingerprint density at radius 1 is 1.07 bits per heavy atom. The minimum Gasteiger partial charge on any atom is -0.503 e. The van der Waals surface area contributed by atoms with Gasteiger partial charge in [0.15, 0.2) is 17.2 Å². The predicted molar refractivity (Wildman–Crippen MR) is 59.7 cm³/mol. The Kier molecular flexibility index (Phi) is 3.82. The fourth-order valence-electron chi connectivity index (χ4n) is 1.19. The smallest absolute Gasteiger partial charge is 0.203 e. The average molecular weight is 251 g/mol. The lowest BCUT2D eigenvalue weighted by atomic mass is 10.2. The summed E-state index contributed by atoms with van der Waals surface area (Å²) in [6.07, 6.45) is 1.74. The molecule has 84 valence electrons. The summed E-state index contributed by atoms with van der Waals surface area (Å²) in [6.45, 7) is 0. The summed E-state index contributed by atoms with van der Waals surface area (Å²) in [5.41, 5.74) is 0. The fourth-order valence-corrected chi connectivity index (χ4v) is 2.24. The maximum absolute atomic E-state index is 9.66. The average Bonchev–Trinajstić information content (AvgIpc) is 2.23. The van der Waals surface area contributed by atoms with E-state index < -0.39 is 0 Å². The van der Waals surface area contributed by atoms with Gasteiger partial charge in [-0.1, -0.05) is 11.6 Å². The van der Waals surface area contributed by atoms with E-state index in [1.54, 1.807) is 6.26 Å². The van der Waals surface area contributed by atoms with Gasteiger partial charge in [-0.05, 0) is 6.26 Å². The second-order valence-electron chi connectivity index (χ2n) is 2.61. The van der Waals surface area contributed by atoms with Gasteiger partial charge >= 0.3 is 0 Å². The van der Waals surface area contributed by atoms with Crippen molar-refractivity contribution in [1.82, 2.24) is 0 Å². The van der Waals surface area contributed by atoms with Crippen LogP contribution in [-0.4, -0.2) is 30.7 Å². The van der Waals surface area contributed by atoms with Crippen molar-refractivity contribution in [3.05, 3.63) is 5.02 Å². The minimum absolute atomic E-state index is 0.00353. The standard InChI is InChI=1S/C9H11ClO4S/c1-13-7-4(10)8(14-2)9(15-3)6(12)5(7)11/h11-12H,1-3H3. The van der Waals surface area contributed by atoms with Crippen molar-refractivity contribution < 1.29 is 19.7 Å². The minimum atomic E-state index is -0.382. The van der Waals surface area contributed by atoms with Gasteiger partial charge in [0.1, 0.15) is 5.02 Å². The van der Waals surface area contributed by atoms with Crippen molar-refractivity contribution in [2.45, 2.75) is 4.90 Å². The summed E-state index contributed by atoms with van der Waals surface area (Å²) in [5.74, 6) is -0.381. The van der Waals surface area contributed by atoms with Crippen molar-refractivity contribution >= 4 is 23.4 Å². The first-order valence-corrected chi connectivity index (χ1v) is 5.58. The number of hydrogen-bond donors (Lipinski definition) is 2. The maximum atomic E-state index is 9.66. The van der Waals surface area contributed by atoms with Gasteiger partial charge < -0.3 is 19.7 Å². The van der Waals surface area contributed by atoms with E-state index in [2.05, 4.69) is 0 Å². The highest BCUT2D eigenvalue weighted by Crippen LogP contribution is 2.53. The summed E-state index contributed by atoms with van der Waals surface area (Å²) < 4.78 is 9.91. The third-order valence-electron chi connectivity index (χ3n) is 1.87. The van der Waals surface area contributed by atoms with Crippen LogP contribution in [0.2, 0.25) is 5.02 Å². The van der Waals surface area contributed by atoms with Gasteiger partial charge in [-0.2, -0.15) is 0 Å². The number of phenols is 2. The van der Waals surface area contributed by atoms with Crippen LogP contribution in [0.4, 0.5) is 0 Å². The fraction of sp³-hybridized carbons (Fsp3) is 0.333. The lowest BCUT2D eigenvalue weighted by molar-refractivity contribution is 0.333. The Morgan fingerprint density at radius 2 is 1.60 bits per heavy atom. The molecule has 0 fully saturated rings. The first kappa shape index (κ1) is 12.1. The van der Waals surface area contributed by atoms with E-state index in [9.17, 15) is 10.2 Å². The number of methoxy groups -OCH3 is 2. The van der Waals surface area contributed by atoms with Crippen molar-refractivity contribution in [1.29, 1.82) is 0 Å². The Labute approximate surface area is 96.8 Å². The van der Waals surface area contributed by atoms with E-state index >= 15 is 0 Å². The van der Waals surface area contributed by atoms with Crippen molar-refractivity contribution in [2.75, 3.05) is 20.5 Å². The number of halogens is 1. The van der Waals surface area contributed by atoms with Crippen LogP contribution in [0.5, 0.6) is 23.0 Å². The molecule has 0 aliphatic carbocycles. The van der Waals surface area contributed by atoms with Crippen molar-refractivity contribution in [2.24, 2.45) is 0 Å². The molecular weight excluding hydrogens is 240 g/mol. The lowest BCUT2D eigenvalue weighted by Gasteiger charge is -2.15. The SMILES string of the molecule is COc1c(O)c(O)c(SC)c(OC)c1Cl. The summed E-state index contributed by atoms with van der Waals surface area (Å²) in [4.78, 5) is 0.376. The number of hydrogen-bond acceptors (Lipinski definition) is 5. The molecule has 6 heteroatoms. The number of ether oxygens (including phenoxy) is 2.